The summed E-state index contributed by atoms with van der Waals surface area (Å²) in [6.07, 6.45) is 7.00. The van der Waals surface area contributed by atoms with E-state index in [4.69, 9.17) is 4.74 Å². The monoisotopic (exact) mass is 340 g/mol. The summed E-state index contributed by atoms with van der Waals surface area (Å²) < 4.78 is 5.84. The minimum absolute atomic E-state index is 0.0971. The highest BCUT2D eigenvalue weighted by molar-refractivity contribution is 5.75. The van der Waals surface area contributed by atoms with Gasteiger partial charge in [-0.15, -0.1) is 0 Å². The van der Waals surface area contributed by atoms with Crippen molar-refractivity contribution in [2.24, 2.45) is 5.92 Å². The third kappa shape index (κ3) is 5.02. The molecule has 0 heterocycles. The molecule has 0 saturated carbocycles. The number of nitrogens with zero attached hydrogens (tertiary/aromatic N) is 2. The van der Waals surface area contributed by atoms with E-state index < -0.39 is 11.6 Å². The number of carbonyl (C=O) groups is 1. The number of hydrogen-bond donors (Lipinski definition) is 1. The number of amides is 1. The molecule has 1 aromatic rings. The zero-order valence-electron chi connectivity index (χ0n) is 14.6. The van der Waals surface area contributed by atoms with E-state index in [9.17, 15) is 15.3 Å². The number of hydrogen-bond acceptors (Lipinski definition) is 4. The van der Waals surface area contributed by atoms with Crippen LogP contribution in [0.15, 0.2) is 48.6 Å². The molecule has 0 spiro atoms. The van der Waals surface area contributed by atoms with Gasteiger partial charge < -0.3 is 4.74 Å². The number of carbonyl (C=O) groups excluding carboxylic acids is 1. The Balaban J connectivity index is 2.05. The van der Waals surface area contributed by atoms with E-state index in [1.54, 1.807) is 6.08 Å². The third-order valence-corrected chi connectivity index (χ3v) is 4.21. The SMILES string of the molecule is CC(C)CC(COC1(C#N)C=CC(c2ccccc2)=CC1)N(O)C=O. The van der Waals surface area contributed by atoms with Crippen LogP contribution in [0.5, 0.6) is 0 Å². The van der Waals surface area contributed by atoms with Crippen molar-refractivity contribution in [3.8, 4) is 6.07 Å². The molecule has 2 unspecified atom stereocenters. The molecule has 0 fully saturated rings. The van der Waals surface area contributed by atoms with Crippen molar-refractivity contribution in [2.45, 2.75) is 38.3 Å². The van der Waals surface area contributed by atoms with Crippen molar-refractivity contribution >= 4 is 12.0 Å². The first-order valence-corrected chi connectivity index (χ1v) is 8.42. The Morgan fingerprint density at radius 1 is 1.40 bits per heavy atom. The predicted octanol–water partition coefficient (Wildman–Crippen LogP) is 3.57. The Hall–Kier alpha value is -2.42. The molecule has 1 N–H and O–H groups in total. The Bertz CT molecular complexity index is 676. The van der Waals surface area contributed by atoms with Gasteiger partial charge in [0.25, 0.3) is 0 Å². The zero-order valence-corrected chi connectivity index (χ0v) is 14.6. The highest BCUT2D eigenvalue weighted by atomic mass is 16.5. The smallest absolute Gasteiger partial charge is 0.233 e. The highest BCUT2D eigenvalue weighted by Gasteiger charge is 2.31. The molecule has 1 aliphatic rings. The van der Waals surface area contributed by atoms with Gasteiger partial charge in [0.2, 0.25) is 6.41 Å². The lowest BCUT2D eigenvalue weighted by molar-refractivity contribution is -0.170. The molecule has 0 radical (unpaired) electrons. The van der Waals surface area contributed by atoms with E-state index in [0.717, 1.165) is 11.1 Å². The van der Waals surface area contributed by atoms with Gasteiger partial charge in [-0.05, 0) is 29.6 Å². The number of nitriles is 1. The van der Waals surface area contributed by atoms with Gasteiger partial charge in [0.05, 0.1) is 12.6 Å². The van der Waals surface area contributed by atoms with Gasteiger partial charge in [-0.1, -0.05) is 56.3 Å². The average Bonchev–Trinajstić information content (AvgIpc) is 2.65. The van der Waals surface area contributed by atoms with Crippen LogP contribution in [-0.4, -0.2) is 34.9 Å². The predicted molar refractivity (Wildman–Crippen MR) is 95.4 cm³/mol. The number of rotatable bonds is 8. The average molecular weight is 340 g/mol. The van der Waals surface area contributed by atoms with Crippen molar-refractivity contribution < 1.29 is 14.7 Å². The van der Waals surface area contributed by atoms with Gasteiger partial charge in [-0.3, -0.25) is 10.0 Å². The van der Waals surface area contributed by atoms with Gasteiger partial charge in [0.1, 0.15) is 6.07 Å². The van der Waals surface area contributed by atoms with Crippen LogP contribution in [0.2, 0.25) is 0 Å². The molecule has 2 atom stereocenters. The first-order chi connectivity index (χ1) is 12.0. The summed E-state index contributed by atoms with van der Waals surface area (Å²) in [5.41, 5.74) is 1.06. The maximum absolute atomic E-state index is 10.9. The van der Waals surface area contributed by atoms with Crippen LogP contribution < -0.4 is 0 Å². The van der Waals surface area contributed by atoms with E-state index >= 15 is 0 Å². The Morgan fingerprint density at radius 2 is 2.12 bits per heavy atom. The van der Waals surface area contributed by atoms with Crippen LogP contribution in [0.3, 0.4) is 0 Å². The first-order valence-electron chi connectivity index (χ1n) is 8.42. The molecule has 5 nitrogen and oxygen atoms in total. The van der Waals surface area contributed by atoms with Gasteiger partial charge in [-0.2, -0.15) is 5.26 Å². The van der Waals surface area contributed by atoms with Crippen LogP contribution in [0.25, 0.3) is 5.57 Å². The summed E-state index contributed by atoms with van der Waals surface area (Å²) >= 11 is 0. The number of hydroxylamine groups is 2. The Kier molecular flexibility index (Phi) is 6.51. The van der Waals surface area contributed by atoms with Crippen LogP contribution in [0.4, 0.5) is 0 Å². The quantitative estimate of drug-likeness (QED) is 0.446. The maximum Gasteiger partial charge on any atom is 0.233 e. The standard InChI is InChI=1S/C20H24N2O3/c1-16(2)12-19(22(24)15-23)13-25-20(14-21)10-8-18(9-11-20)17-6-4-3-5-7-17/h3-10,15-16,19,24H,11-13H2,1-2H3. The third-order valence-electron chi connectivity index (χ3n) is 4.21. The molecule has 1 amide bonds. The Labute approximate surface area is 148 Å². The van der Waals surface area contributed by atoms with E-state index in [2.05, 4.69) is 6.07 Å². The topological polar surface area (TPSA) is 73.6 Å². The molecular formula is C20H24N2O3. The molecule has 2 rings (SSSR count). The lowest BCUT2D eigenvalue weighted by Gasteiger charge is -2.30. The number of benzene rings is 1. The molecular weight excluding hydrogens is 316 g/mol. The molecule has 0 aromatic heterocycles. The van der Waals surface area contributed by atoms with Crippen molar-refractivity contribution in [3.05, 3.63) is 54.1 Å². The number of ether oxygens (including phenoxy) is 1. The molecule has 0 saturated heterocycles. The van der Waals surface area contributed by atoms with Gasteiger partial charge in [-0.25, -0.2) is 5.06 Å². The van der Waals surface area contributed by atoms with Crippen molar-refractivity contribution in [1.29, 1.82) is 5.26 Å². The summed E-state index contributed by atoms with van der Waals surface area (Å²) in [4.78, 5) is 10.9. The summed E-state index contributed by atoms with van der Waals surface area (Å²) in [6, 6.07) is 11.7. The van der Waals surface area contributed by atoms with E-state index in [1.807, 2.05) is 56.3 Å². The summed E-state index contributed by atoms with van der Waals surface area (Å²) in [6.45, 7) is 4.10. The normalized spacial score (nSPS) is 20.7. The molecule has 132 valence electrons. The second kappa shape index (κ2) is 8.61. The van der Waals surface area contributed by atoms with Crippen LogP contribution in [-0.2, 0) is 9.53 Å². The fourth-order valence-electron chi connectivity index (χ4n) is 2.82. The summed E-state index contributed by atoms with van der Waals surface area (Å²) in [5, 5.41) is 19.9. The lowest BCUT2D eigenvalue weighted by atomic mass is 9.90. The summed E-state index contributed by atoms with van der Waals surface area (Å²) in [7, 11) is 0. The van der Waals surface area contributed by atoms with Gasteiger partial charge in [0, 0.05) is 6.42 Å². The minimum atomic E-state index is -1.07. The van der Waals surface area contributed by atoms with E-state index in [0.29, 0.717) is 24.3 Å². The number of allylic oxidation sites excluding steroid dienone is 2. The van der Waals surface area contributed by atoms with Crippen molar-refractivity contribution in [2.75, 3.05) is 6.61 Å². The van der Waals surface area contributed by atoms with E-state index in [1.165, 1.54) is 0 Å². The van der Waals surface area contributed by atoms with E-state index in [-0.39, 0.29) is 12.5 Å². The first kappa shape index (κ1) is 18.9. The fourth-order valence-corrected chi connectivity index (χ4v) is 2.82. The highest BCUT2D eigenvalue weighted by Crippen LogP contribution is 2.29. The van der Waals surface area contributed by atoms with Crippen molar-refractivity contribution in [1.82, 2.24) is 5.06 Å². The van der Waals surface area contributed by atoms with Crippen LogP contribution in [0.1, 0.15) is 32.3 Å². The summed E-state index contributed by atoms with van der Waals surface area (Å²) in [5.74, 6) is 0.285. The maximum atomic E-state index is 10.9. The zero-order chi connectivity index (χ0) is 18.3. The Morgan fingerprint density at radius 3 is 2.64 bits per heavy atom. The second-order valence-corrected chi connectivity index (χ2v) is 6.64. The van der Waals surface area contributed by atoms with Crippen LogP contribution in [0, 0.1) is 17.2 Å². The lowest BCUT2D eigenvalue weighted by Crippen LogP contribution is -2.40. The second-order valence-electron chi connectivity index (χ2n) is 6.64. The fraction of sp³-hybridized carbons (Fsp3) is 0.400. The largest absolute Gasteiger partial charge is 0.354 e. The molecule has 5 heteroatoms. The molecule has 1 aromatic carbocycles. The van der Waals surface area contributed by atoms with Crippen LogP contribution >= 0.6 is 0 Å². The van der Waals surface area contributed by atoms with Gasteiger partial charge >= 0.3 is 0 Å². The minimum Gasteiger partial charge on any atom is -0.354 e. The molecule has 0 aliphatic heterocycles. The van der Waals surface area contributed by atoms with Gasteiger partial charge in [0.15, 0.2) is 5.60 Å². The molecule has 25 heavy (non-hydrogen) atoms. The van der Waals surface area contributed by atoms with Crippen molar-refractivity contribution in [3.63, 3.8) is 0 Å². The molecule has 0 bridgehead atoms. The molecule has 1 aliphatic carbocycles.